The second-order valence-corrected chi connectivity index (χ2v) is 8.04. The molecule has 0 atom stereocenters. The van der Waals surface area contributed by atoms with E-state index in [9.17, 15) is 9.59 Å². The predicted molar refractivity (Wildman–Crippen MR) is 110 cm³/mol. The first-order chi connectivity index (χ1) is 13.1. The number of hydrogen-bond acceptors (Lipinski definition) is 5. The Balaban J connectivity index is 1.35. The molecule has 140 valence electrons. The smallest absolute Gasteiger partial charge is 0.261 e. The molecule has 2 aromatic heterocycles. The zero-order valence-corrected chi connectivity index (χ0v) is 16.7. The lowest BCUT2D eigenvalue weighted by atomic mass is 10.1. The molecule has 0 unspecified atom stereocenters. The molecule has 0 aliphatic rings. The fourth-order valence-corrected chi connectivity index (χ4v) is 3.82. The Bertz CT molecular complexity index is 886. The molecule has 0 saturated heterocycles. The highest BCUT2D eigenvalue weighted by molar-refractivity contribution is 7.12. The summed E-state index contributed by atoms with van der Waals surface area (Å²) in [6.07, 6.45) is 1.04. The van der Waals surface area contributed by atoms with E-state index >= 15 is 0 Å². The van der Waals surface area contributed by atoms with Crippen LogP contribution in [0.15, 0.2) is 47.2 Å². The first-order valence-corrected chi connectivity index (χ1v) is 10.5. The Labute approximate surface area is 166 Å². The van der Waals surface area contributed by atoms with E-state index in [1.807, 2.05) is 18.4 Å². The van der Waals surface area contributed by atoms with Crippen molar-refractivity contribution in [1.29, 1.82) is 0 Å². The lowest BCUT2D eigenvalue weighted by Crippen LogP contribution is -2.31. The average molecular weight is 400 g/mol. The van der Waals surface area contributed by atoms with E-state index in [-0.39, 0.29) is 18.2 Å². The van der Waals surface area contributed by atoms with Crippen molar-refractivity contribution in [3.8, 4) is 11.3 Å². The SMILES string of the molecule is Cc1nc(-c2ccc(CCNC(=O)CCNC(=O)c3cccs3)cc2)cs1. The molecular weight excluding hydrogens is 378 g/mol. The van der Waals surface area contributed by atoms with Gasteiger partial charge in [-0.15, -0.1) is 22.7 Å². The van der Waals surface area contributed by atoms with Gasteiger partial charge in [-0.1, -0.05) is 30.3 Å². The quantitative estimate of drug-likeness (QED) is 0.607. The summed E-state index contributed by atoms with van der Waals surface area (Å²) in [6, 6.07) is 11.9. The highest BCUT2D eigenvalue weighted by atomic mass is 32.1. The molecule has 2 N–H and O–H groups in total. The van der Waals surface area contributed by atoms with Crippen molar-refractivity contribution >= 4 is 34.5 Å². The third-order valence-electron chi connectivity index (χ3n) is 3.99. The van der Waals surface area contributed by atoms with Gasteiger partial charge in [0.2, 0.25) is 5.91 Å². The third kappa shape index (κ3) is 5.74. The number of nitrogens with zero attached hydrogens (tertiary/aromatic N) is 1. The van der Waals surface area contributed by atoms with E-state index in [2.05, 4.69) is 45.3 Å². The summed E-state index contributed by atoms with van der Waals surface area (Å²) >= 11 is 3.03. The Morgan fingerprint density at radius 2 is 1.85 bits per heavy atom. The maximum atomic E-state index is 11.9. The lowest BCUT2D eigenvalue weighted by molar-refractivity contribution is -0.120. The van der Waals surface area contributed by atoms with Gasteiger partial charge >= 0.3 is 0 Å². The summed E-state index contributed by atoms with van der Waals surface area (Å²) < 4.78 is 0. The number of benzene rings is 1. The van der Waals surface area contributed by atoms with E-state index in [4.69, 9.17) is 0 Å². The molecule has 27 heavy (non-hydrogen) atoms. The number of hydrogen-bond donors (Lipinski definition) is 2. The van der Waals surface area contributed by atoms with Crippen LogP contribution in [0.1, 0.15) is 26.7 Å². The summed E-state index contributed by atoms with van der Waals surface area (Å²) in [7, 11) is 0. The zero-order chi connectivity index (χ0) is 19.1. The standard InChI is InChI=1S/C20H21N3O2S2/c1-14-23-17(13-27-14)16-6-4-15(5-7-16)8-10-21-19(24)9-11-22-20(25)18-3-2-12-26-18/h2-7,12-13H,8-11H2,1H3,(H,21,24)(H,22,25). The van der Waals surface area contributed by atoms with E-state index in [1.165, 1.54) is 11.3 Å². The summed E-state index contributed by atoms with van der Waals surface area (Å²) in [5, 5.41) is 10.6. The molecular formula is C20H21N3O2S2. The highest BCUT2D eigenvalue weighted by Gasteiger charge is 2.07. The molecule has 1 aromatic carbocycles. The molecule has 2 heterocycles. The molecule has 0 aliphatic heterocycles. The zero-order valence-electron chi connectivity index (χ0n) is 15.0. The number of rotatable bonds is 8. The first kappa shape index (κ1) is 19.3. The van der Waals surface area contributed by atoms with E-state index in [1.54, 1.807) is 17.4 Å². The summed E-state index contributed by atoms with van der Waals surface area (Å²) in [5.41, 5.74) is 3.27. The van der Waals surface area contributed by atoms with Crippen molar-refractivity contribution in [1.82, 2.24) is 15.6 Å². The van der Waals surface area contributed by atoms with Crippen molar-refractivity contribution in [2.45, 2.75) is 19.8 Å². The van der Waals surface area contributed by atoms with Gasteiger partial charge in [0.25, 0.3) is 5.91 Å². The van der Waals surface area contributed by atoms with Crippen LogP contribution < -0.4 is 10.6 Å². The van der Waals surface area contributed by atoms with Crippen molar-refractivity contribution in [3.63, 3.8) is 0 Å². The van der Waals surface area contributed by atoms with Crippen molar-refractivity contribution in [2.24, 2.45) is 0 Å². The van der Waals surface area contributed by atoms with Gasteiger partial charge in [0, 0.05) is 30.5 Å². The van der Waals surface area contributed by atoms with Gasteiger partial charge in [-0.2, -0.15) is 0 Å². The van der Waals surface area contributed by atoms with Gasteiger partial charge in [0.1, 0.15) is 0 Å². The number of nitrogens with one attached hydrogen (secondary N) is 2. The molecule has 5 nitrogen and oxygen atoms in total. The van der Waals surface area contributed by atoms with Crippen LogP contribution in [-0.4, -0.2) is 29.9 Å². The second kappa shape index (κ2) is 9.43. The van der Waals surface area contributed by atoms with Gasteiger partial charge in [-0.25, -0.2) is 4.98 Å². The van der Waals surface area contributed by atoms with Crippen LogP contribution in [0, 0.1) is 6.92 Å². The number of amides is 2. The Kier molecular flexibility index (Phi) is 6.73. The summed E-state index contributed by atoms with van der Waals surface area (Å²) in [5.74, 6) is -0.191. The van der Waals surface area contributed by atoms with E-state index in [0.29, 0.717) is 18.0 Å². The Morgan fingerprint density at radius 1 is 1.04 bits per heavy atom. The fourth-order valence-electron chi connectivity index (χ4n) is 2.56. The van der Waals surface area contributed by atoms with Crippen molar-refractivity contribution in [3.05, 3.63) is 62.6 Å². The highest BCUT2D eigenvalue weighted by Crippen LogP contribution is 2.21. The summed E-state index contributed by atoms with van der Waals surface area (Å²) in [6.45, 7) is 2.91. The van der Waals surface area contributed by atoms with Crippen LogP contribution in [-0.2, 0) is 11.2 Å². The third-order valence-corrected chi connectivity index (χ3v) is 5.63. The first-order valence-electron chi connectivity index (χ1n) is 8.71. The van der Waals surface area contributed by atoms with E-state index in [0.717, 1.165) is 28.2 Å². The minimum absolute atomic E-state index is 0.0592. The van der Waals surface area contributed by atoms with Crippen LogP contribution in [0.2, 0.25) is 0 Å². The minimum atomic E-state index is -0.131. The molecule has 0 spiro atoms. The second-order valence-electron chi connectivity index (χ2n) is 6.03. The van der Waals surface area contributed by atoms with Crippen molar-refractivity contribution < 1.29 is 9.59 Å². The van der Waals surface area contributed by atoms with Crippen LogP contribution in [0.3, 0.4) is 0 Å². The normalized spacial score (nSPS) is 10.6. The van der Waals surface area contributed by atoms with Crippen LogP contribution in [0.5, 0.6) is 0 Å². The average Bonchev–Trinajstić information content (AvgIpc) is 3.34. The maximum Gasteiger partial charge on any atom is 0.261 e. The number of carbonyl (C=O) groups is 2. The van der Waals surface area contributed by atoms with Gasteiger partial charge in [0.15, 0.2) is 0 Å². The summed E-state index contributed by atoms with van der Waals surface area (Å²) in [4.78, 5) is 28.8. The monoisotopic (exact) mass is 399 g/mol. The molecule has 0 radical (unpaired) electrons. The fraction of sp³-hybridized carbons (Fsp3) is 0.250. The number of thiazole rings is 1. The largest absolute Gasteiger partial charge is 0.356 e. The molecule has 0 fully saturated rings. The number of thiophene rings is 1. The molecule has 2 amide bonds. The molecule has 3 aromatic rings. The predicted octanol–water partition coefficient (Wildman–Crippen LogP) is 3.66. The molecule has 3 rings (SSSR count). The number of carbonyl (C=O) groups excluding carboxylic acids is 2. The van der Waals surface area contributed by atoms with Crippen LogP contribution in [0.4, 0.5) is 0 Å². The molecule has 0 aliphatic carbocycles. The number of aromatic nitrogens is 1. The molecule has 0 saturated carbocycles. The van der Waals surface area contributed by atoms with Crippen molar-refractivity contribution in [2.75, 3.05) is 13.1 Å². The Hall–Kier alpha value is -2.51. The van der Waals surface area contributed by atoms with Gasteiger partial charge in [-0.05, 0) is 30.4 Å². The maximum absolute atomic E-state index is 11.9. The topological polar surface area (TPSA) is 71.1 Å². The molecule has 0 bridgehead atoms. The Morgan fingerprint density at radius 3 is 2.52 bits per heavy atom. The number of aryl methyl sites for hydroxylation is 1. The van der Waals surface area contributed by atoms with Crippen LogP contribution in [0.25, 0.3) is 11.3 Å². The van der Waals surface area contributed by atoms with Gasteiger partial charge in [-0.3, -0.25) is 9.59 Å². The van der Waals surface area contributed by atoms with Gasteiger partial charge < -0.3 is 10.6 Å². The van der Waals surface area contributed by atoms with Gasteiger partial charge in [0.05, 0.1) is 15.6 Å². The van der Waals surface area contributed by atoms with E-state index < -0.39 is 0 Å². The van der Waals surface area contributed by atoms with Crippen LogP contribution >= 0.6 is 22.7 Å². The minimum Gasteiger partial charge on any atom is -0.356 e. The lowest BCUT2D eigenvalue weighted by Gasteiger charge is -2.07. The molecule has 7 heteroatoms.